The number of nitrogens with zero attached hydrogens (tertiary/aromatic N) is 1. The molecule has 1 unspecified atom stereocenters. The minimum atomic E-state index is 0.625. The molecule has 112 valence electrons. The molecule has 1 N–H and O–H groups in total. The van der Waals surface area contributed by atoms with Gasteiger partial charge in [0.2, 0.25) is 0 Å². The Morgan fingerprint density at radius 3 is 2.65 bits per heavy atom. The van der Waals surface area contributed by atoms with Crippen molar-refractivity contribution in [1.82, 2.24) is 10.2 Å². The summed E-state index contributed by atoms with van der Waals surface area (Å²) in [7, 11) is 2.22. The molecule has 1 aromatic carbocycles. The van der Waals surface area contributed by atoms with Gasteiger partial charge in [-0.1, -0.05) is 18.2 Å². The van der Waals surface area contributed by atoms with E-state index < -0.39 is 0 Å². The molecule has 0 aromatic heterocycles. The summed E-state index contributed by atoms with van der Waals surface area (Å²) in [6, 6.07) is 10.7. The van der Waals surface area contributed by atoms with Crippen molar-refractivity contribution < 1.29 is 4.74 Å². The Morgan fingerprint density at radius 1 is 1.25 bits per heavy atom. The summed E-state index contributed by atoms with van der Waals surface area (Å²) >= 11 is 0. The maximum absolute atomic E-state index is 5.70. The topological polar surface area (TPSA) is 24.5 Å². The fourth-order valence-corrected chi connectivity index (χ4v) is 2.80. The number of piperidine rings is 1. The zero-order chi connectivity index (χ0) is 14.2. The zero-order valence-corrected chi connectivity index (χ0v) is 12.8. The summed E-state index contributed by atoms with van der Waals surface area (Å²) in [6.45, 7) is 6.65. The number of likely N-dealkylation sites (tertiary alicyclic amines) is 1. The fourth-order valence-electron chi connectivity index (χ4n) is 2.80. The SMILES string of the molecule is CC(NCCCOc1ccccc1)C1CCN(C)CC1. The van der Waals surface area contributed by atoms with Crippen LogP contribution < -0.4 is 10.1 Å². The lowest BCUT2D eigenvalue weighted by atomic mass is 9.90. The Labute approximate surface area is 123 Å². The van der Waals surface area contributed by atoms with Gasteiger partial charge in [0, 0.05) is 6.04 Å². The van der Waals surface area contributed by atoms with Crippen LogP contribution in [0.15, 0.2) is 30.3 Å². The Bertz CT molecular complexity index is 361. The third-order valence-electron chi connectivity index (χ3n) is 4.27. The van der Waals surface area contributed by atoms with Crippen LogP contribution in [-0.2, 0) is 0 Å². The van der Waals surface area contributed by atoms with Crippen LogP contribution in [0.2, 0.25) is 0 Å². The standard InChI is InChI=1S/C17H28N2O/c1-15(16-9-12-19(2)13-10-16)18-11-6-14-20-17-7-4-3-5-8-17/h3-5,7-8,15-16,18H,6,9-14H2,1-2H3. The van der Waals surface area contributed by atoms with Crippen molar-refractivity contribution in [2.75, 3.05) is 33.3 Å². The molecular weight excluding hydrogens is 248 g/mol. The molecule has 0 amide bonds. The molecule has 1 fully saturated rings. The predicted molar refractivity (Wildman–Crippen MR) is 84.2 cm³/mol. The Hall–Kier alpha value is -1.06. The second-order valence-electron chi connectivity index (χ2n) is 5.90. The lowest BCUT2D eigenvalue weighted by molar-refractivity contribution is 0.188. The zero-order valence-electron chi connectivity index (χ0n) is 12.8. The smallest absolute Gasteiger partial charge is 0.119 e. The van der Waals surface area contributed by atoms with Crippen LogP contribution in [0.5, 0.6) is 5.75 Å². The molecule has 1 saturated heterocycles. The molecule has 3 nitrogen and oxygen atoms in total. The summed E-state index contributed by atoms with van der Waals surface area (Å²) in [5.41, 5.74) is 0. The maximum Gasteiger partial charge on any atom is 0.119 e. The average Bonchev–Trinajstić information content (AvgIpc) is 2.48. The van der Waals surface area contributed by atoms with Gasteiger partial charge >= 0.3 is 0 Å². The van der Waals surface area contributed by atoms with E-state index >= 15 is 0 Å². The van der Waals surface area contributed by atoms with Crippen LogP contribution in [-0.4, -0.2) is 44.2 Å². The highest BCUT2D eigenvalue weighted by atomic mass is 16.5. The van der Waals surface area contributed by atoms with E-state index in [0.717, 1.165) is 31.2 Å². The number of nitrogens with one attached hydrogen (secondary N) is 1. The molecule has 1 aromatic rings. The normalized spacial score (nSPS) is 18.9. The minimum absolute atomic E-state index is 0.625. The predicted octanol–water partition coefficient (Wildman–Crippen LogP) is 2.78. The molecule has 0 aliphatic carbocycles. The van der Waals surface area contributed by atoms with Crippen LogP contribution in [0, 0.1) is 5.92 Å². The van der Waals surface area contributed by atoms with Gasteiger partial charge in [-0.2, -0.15) is 0 Å². The second kappa shape index (κ2) is 8.28. The lowest BCUT2D eigenvalue weighted by Crippen LogP contribution is -2.41. The van der Waals surface area contributed by atoms with E-state index in [9.17, 15) is 0 Å². The molecule has 0 bridgehead atoms. The van der Waals surface area contributed by atoms with E-state index in [1.807, 2.05) is 30.3 Å². The molecule has 1 aliphatic heterocycles. The van der Waals surface area contributed by atoms with Crippen LogP contribution in [0.25, 0.3) is 0 Å². The summed E-state index contributed by atoms with van der Waals surface area (Å²) in [5.74, 6) is 1.80. The van der Waals surface area contributed by atoms with E-state index in [1.54, 1.807) is 0 Å². The van der Waals surface area contributed by atoms with Crippen LogP contribution in [0.3, 0.4) is 0 Å². The van der Waals surface area contributed by atoms with Gasteiger partial charge in [-0.15, -0.1) is 0 Å². The van der Waals surface area contributed by atoms with E-state index in [2.05, 4.69) is 24.2 Å². The number of para-hydroxylation sites is 1. The van der Waals surface area contributed by atoms with E-state index in [1.165, 1.54) is 25.9 Å². The summed E-state index contributed by atoms with van der Waals surface area (Å²) in [4.78, 5) is 2.43. The van der Waals surface area contributed by atoms with E-state index in [0.29, 0.717) is 6.04 Å². The molecule has 1 heterocycles. The monoisotopic (exact) mass is 276 g/mol. The van der Waals surface area contributed by atoms with Crippen molar-refractivity contribution in [3.8, 4) is 5.75 Å². The largest absolute Gasteiger partial charge is 0.494 e. The van der Waals surface area contributed by atoms with E-state index in [4.69, 9.17) is 4.74 Å². The van der Waals surface area contributed by atoms with Crippen molar-refractivity contribution in [2.24, 2.45) is 5.92 Å². The van der Waals surface area contributed by atoms with Crippen molar-refractivity contribution in [3.05, 3.63) is 30.3 Å². The number of rotatable bonds is 7. The molecule has 20 heavy (non-hydrogen) atoms. The third kappa shape index (κ3) is 5.14. The van der Waals surface area contributed by atoms with Gasteiger partial charge in [-0.3, -0.25) is 0 Å². The highest BCUT2D eigenvalue weighted by molar-refractivity contribution is 5.20. The molecule has 1 aliphatic rings. The molecule has 0 radical (unpaired) electrons. The van der Waals surface area contributed by atoms with E-state index in [-0.39, 0.29) is 0 Å². The Kier molecular flexibility index (Phi) is 6.34. The van der Waals surface area contributed by atoms with Gasteiger partial charge in [0.05, 0.1) is 6.61 Å². The van der Waals surface area contributed by atoms with Crippen molar-refractivity contribution >= 4 is 0 Å². The second-order valence-corrected chi connectivity index (χ2v) is 5.90. The fraction of sp³-hybridized carbons (Fsp3) is 0.647. The quantitative estimate of drug-likeness (QED) is 0.775. The van der Waals surface area contributed by atoms with Gasteiger partial charge in [-0.05, 0) is 70.9 Å². The van der Waals surface area contributed by atoms with Crippen LogP contribution in [0.1, 0.15) is 26.2 Å². The summed E-state index contributed by atoms with van der Waals surface area (Å²) in [6.07, 6.45) is 3.71. The van der Waals surface area contributed by atoms with Crippen molar-refractivity contribution in [3.63, 3.8) is 0 Å². The number of hydrogen-bond acceptors (Lipinski definition) is 3. The first-order valence-corrected chi connectivity index (χ1v) is 7.85. The first-order chi connectivity index (χ1) is 9.75. The average molecular weight is 276 g/mol. The van der Waals surface area contributed by atoms with Gasteiger partial charge in [0.25, 0.3) is 0 Å². The first kappa shape index (κ1) is 15.3. The van der Waals surface area contributed by atoms with Gasteiger partial charge < -0.3 is 15.0 Å². The van der Waals surface area contributed by atoms with Crippen molar-refractivity contribution in [2.45, 2.75) is 32.2 Å². The molecular formula is C17H28N2O. The highest BCUT2D eigenvalue weighted by Crippen LogP contribution is 2.19. The van der Waals surface area contributed by atoms with Gasteiger partial charge in [-0.25, -0.2) is 0 Å². The van der Waals surface area contributed by atoms with Crippen LogP contribution in [0.4, 0.5) is 0 Å². The molecule has 0 saturated carbocycles. The van der Waals surface area contributed by atoms with Gasteiger partial charge in [0.1, 0.15) is 5.75 Å². The summed E-state index contributed by atoms with van der Waals surface area (Å²) in [5, 5.41) is 3.65. The Balaban J connectivity index is 1.54. The number of benzene rings is 1. The van der Waals surface area contributed by atoms with Crippen LogP contribution >= 0.6 is 0 Å². The number of ether oxygens (including phenoxy) is 1. The maximum atomic E-state index is 5.70. The third-order valence-corrected chi connectivity index (χ3v) is 4.27. The molecule has 1 atom stereocenters. The van der Waals surface area contributed by atoms with Gasteiger partial charge in [0.15, 0.2) is 0 Å². The first-order valence-electron chi connectivity index (χ1n) is 7.85. The Morgan fingerprint density at radius 2 is 1.95 bits per heavy atom. The lowest BCUT2D eigenvalue weighted by Gasteiger charge is -2.33. The number of hydrogen-bond donors (Lipinski definition) is 1. The molecule has 3 heteroatoms. The summed E-state index contributed by atoms with van der Waals surface area (Å²) < 4.78 is 5.70. The highest BCUT2D eigenvalue weighted by Gasteiger charge is 2.21. The minimum Gasteiger partial charge on any atom is -0.494 e. The molecule has 2 rings (SSSR count). The van der Waals surface area contributed by atoms with Crippen molar-refractivity contribution in [1.29, 1.82) is 0 Å². The molecule has 0 spiro atoms.